The Morgan fingerprint density at radius 2 is 1.71 bits per heavy atom. The topological polar surface area (TPSA) is 37.3 Å². The molecule has 0 unspecified atom stereocenters. The molecule has 0 saturated carbocycles. The Morgan fingerprint density at radius 1 is 1.06 bits per heavy atom. The average Bonchev–Trinajstić information content (AvgIpc) is 2.32. The first-order valence-corrected chi connectivity index (χ1v) is 6.02. The summed E-state index contributed by atoms with van der Waals surface area (Å²) < 4.78 is 0.809. The van der Waals surface area contributed by atoms with Crippen LogP contribution in [0.3, 0.4) is 0 Å². The Hall–Kier alpha value is -1.61. The van der Waals surface area contributed by atoms with E-state index in [1.807, 2.05) is 18.2 Å². The predicted molar refractivity (Wildman–Crippen MR) is 70.3 cm³/mol. The van der Waals surface area contributed by atoms with Crippen molar-refractivity contribution in [2.24, 2.45) is 0 Å². The van der Waals surface area contributed by atoms with Crippen LogP contribution in [0, 0.1) is 0 Å². The van der Waals surface area contributed by atoms with Crippen molar-refractivity contribution in [2.45, 2.75) is 6.42 Å². The highest BCUT2D eigenvalue weighted by Crippen LogP contribution is 2.19. The molecule has 0 aliphatic carbocycles. The van der Waals surface area contributed by atoms with Crippen LogP contribution in [0.4, 0.5) is 0 Å². The van der Waals surface area contributed by atoms with E-state index in [0.29, 0.717) is 12.0 Å². The SMILES string of the molecule is O=C(Cc1ccc(O)cc1)c1ccccc1Br. The van der Waals surface area contributed by atoms with Crippen LogP contribution in [0.15, 0.2) is 53.0 Å². The molecule has 0 saturated heterocycles. The number of rotatable bonds is 3. The molecule has 0 spiro atoms. The summed E-state index contributed by atoms with van der Waals surface area (Å²) in [5.41, 5.74) is 1.57. The van der Waals surface area contributed by atoms with Gasteiger partial charge in [0, 0.05) is 16.5 Å². The van der Waals surface area contributed by atoms with Crippen LogP contribution >= 0.6 is 15.9 Å². The van der Waals surface area contributed by atoms with Crippen LogP contribution in [-0.4, -0.2) is 10.9 Å². The van der Waals surface area contributed by atoms with E-state index in [1.54, 1.807) is 30.3 Å². The molecule has 2 aromatic carbocycles. The lowest BCUT2D eigenvalue weighted by Gasteiger charge is -2.03. The third kappa shape index (κ3) is 2.94. The number of hydrogen-bond donors (Lipinski definition) is 1. The molecule has 0 aromatic heterocycles. The van der Waals surface area contributed by atoms with E-state index in [9.17, 15) is 4.79 Å². The van der Waals surface area contributed by atoms with E-state index in [-0.39, 0.29) is 11.5 Å². The molecular weight excluding hydrogens is 280 g/mol. The second-order valence-electron chi connectivity index (χ2n) is 3.75. The minimum absolute atomic E-state index is 0.0585. The first-order valence-electron chi connectivity index (χ1n) is 5.22. The maximum absolute atomic E-state index is 12.0. The Kier molecular flexibility index (Phi) is 3.59. The summed E-state index contributed by atoms with van der Waals surface area (Å²) >= 11 is 3.36. The van der Waals surface area contributed by atoms with Crippen LogP contribution in [0.25, 0.3) is 0 Å². The van der Waals surface area contributed by atoms with Gasteiger partial charge in [-0.1, -0.05) is 46.3 Å². The quantitative estimate of drug-likeness (QED) is 0.878. The Labute approximate surface area is 108 Å². The number of benzene rings is 2. The summed E-state index contributed by atoms with van der Waals surface area (Å²) in [6, 6.07) is 14.0. The summed E-state index contributed by atoms with van der Waals surface area (Å²) in [6.45, 7) is 0. The molecule has 0 amide bonds. The van der Waals surface area contributed by atoms with Crippen molar-refractivity contribution in [3.05, 3.63) is 64.1 Å². The number of phenols is 1. The van der Waals surface area contributed by atoms with Crippen LogP contribution in [0.2, 0.25) is 0 Å². The zero-order valence-corrected chi connectivity index (χ0v) is 10.6. The van der Waals surface area contributed by atoms with Gasteiger partial charge < -0.3 is 5.11 Å². The summed E-state index contributed by atoms with van der Waals surface area (Å²) in [6.07, 6.45) is 0.336. The molecule has 3 heteroatoms. The monoisotopic (exact) mass is 290 g/mol. The molecule has 2 nitrogen and oxygen atoms in total. The molecule has 17 heavy (non-hydrogen) atoms. The largest absolute Gasteiger partial charge is 0.508 e. The molecule has 0 bridgehead atoms. The van der Waals surface area contributed by atoms with Crippen molar-refractivity contribution in [3.63, 3.8) is 0 Å². The summed E-state index contributed by atoms with van der Waals surface area (Å²) in [5.74, 6) is 0.269. The molecule has 0 radical (unpaired) electrons. The van der Waals surface area contributed by atoms with E-state index in [4.69, 9.17) is 5.11 Å². The lowest BCUT2D eigenvalue weighted by molar-refractivity contribution is 0.0992. The first kappa shape index (κ1) is 11.9. The average molecular weight is 291 g/mol. The zero-order valence-electron chi connectivity index (χ0n) is 9.06. The first-order chi connectivity index (χ1) is 8.16. The number of halogens is 1. The third-order valence-corrected chi connectivity index (χ3v) is 3.17. The van der Waals surface area contributed by atoms with E-state index >= 15 is 0 Å². The van der Waals surface area contributed by atoms with Crippen LogP contribution < -0.4 is 0 Å². The minimum atomic E-state index is 0.0585. The molecule has 0 heterocycles. The van der Waals surface area contributed by atoms with E-state index in [1.165, 1.54) is 0 Å². The lowest BCUT2D eigenvalue weighted by atomic mass is 10.0. The predicted octanol–water partition coefficient (Wildman–Crippen LogP) is 3.58. The normalized spacial score (nSPS) is 10.2. The van der Waals surface area contributed by atoms with E-state index in [2.05, 4.69) is 15.9 Å². The third-order valence-electron chi connectivity index (χ3n) is 2.48. The van der Waals surface area contributed by atoms with Gasteiger partial charge in [-0.2, -0.15) is 0 Å². The van der Waals surface area contributed by atoms with Gasteiger partial charge in [0.15, 0.2) is 5.78 Å². The highest BCUT2D eigenvalue weighted by Gasteiger charge is 2.09. The number of ketones is 1. The van der Waals surface area contributed by atoms with E-state index in [0.717, 1.165) is 10.0 Å². The molecule has 2 aromatic rings. The number of hydrogen-bond acceptors (Lipinski definition) is 2. The standard InChI is InChI=1S/C14H11BrO2/c15-13-4-2-1-3-12(13)14(17)9-10-5-7-11(16)8-6-10/h1-8,16H,9H2. The fraction of sp³-hybridized carbons (Fsp3) is 0.0714. The van der Waals surface area contributed by atoms with Gasteiger partial charge in [-0.05, 0) is 23.8 Å². The van der Waals surface area contributed by atoms with Crippen molar-refractivity contribution in [2.75, 3.05) is 0 Å². The Bertz CT molecular complexity index is 532. The summed E-state index contributed by atoms with van der Waals surface area (Å²) in [4.78, 5) is 12.0. The second kappa shape index (κ2) is 5.15. The van der Waals surface area contributed by atoms with Gasteiger partial charge in [-0.25, -0.2) is 0 Å². The zero-order chi connectivity index (χ0) is 12.3. The van der Waals surface area contributed by atoms with Crippen molar-refractivity contribution in [1.82, 2.24) is 0 Å². The molecule has 0 aliphatic rings. The van der Waals surface area contributed by atoms with Crippen molar-refractivity contribution in [1.29, 1.82) is 0 Å². The van der Waals surface area contributed by atoms with E-state index < -0.39 is 0 Å². The fourth-order valence-corrected chi connectivity index (χ4v) is 2.09. The molecule has 86 valence electrons. The molecule has 0 aliphatic heterocycles. The lowest BCUT2D eigenvalue weighted by Crippen LogP contribution is -2.04. The molecule has 1 N–H and O–H groups in total. The van der Waals surface area contributed by atoms with Gasteiger partial charge in [0.2, 0.25) is 0 Å². The molecular formula is C14H11BrO2. The second-order valence-corrected chi connectivity index (χ2v) is 4.60. The highest BCUT2D eigenvalue weighted by molar-refractivity contribution is 9.10. The van der Waals surface area contributed by atoms with Gasteiger partial charge in [0.05, 0.1) is 0 Å². The van der Waals surface area contributed by atoms with Gasteiger partial charge >= 0.3 is 0 Å². The molecule has 0 atom stereocenters. The maximum atomic E-state index is 12.0. The van der Waals surface area contributed by atoms with Crippen LogP contribution in [0.5, 0.6) is 5.75 Å². The van der Waals surface area contributed by atoms with Crippen molar-refractivity contribution >= 4 is 21.7 Å². The maximum Gasteiger partial charge on any atom is 0.168 e. The number of Topliss-reactive ketones (excluding diaryl/α,β-unsaturated/α-hetero) is 1. The fourth-order valence-electron chi connectivity index (χ4n) is 1.58. The Morgan fingerprint density at radius 3 is 2.35 bits per heavy atom. The van der Waals surface area contributed by atoms with Crippen molar-refractivity contribution in [3.8, 4) is 5.75 Å². The minimum Gasteiger partial charge on any atom is -0.508 e. The summed E-state index contributed by atoms with van der Waals surface area (Å²) in [5, 5.41) is 9.16. The number of phenolic OH excluding ortho intramolecular Hbond substituents is 1. The molecule has 0 fully saturated rings. The van der Waals surface area contributed by atoms with Crippen LogP contribution in [0.1, 0.15) is 15.9 Å². The van der Waals surface area contributed by atoms with Gasteiger partial charge in [0.1, 0.15) is 5.75 Å². The summed E-state index contributed by atoms with van der Waals surface area (Å²) in [7, 11) is 0. The van der Waals surface area contributed by atoms with Crippen molar-refractivity contribution < 1.29 is 9.90 Å². The molecule has 2 rings (SSSR count). The van der Waals surface area contributed by atoms with Gasteiger partial charge in [0.25, 0.3) is 0 Å². The Balaban J connectivity index is 2.17. The number of carbonyl (C=O) groups excluding carboxylic acids is 1. The van der Waals surface area contributed by atoms with Gasteiger partial charge in [-0.3, -0.25) is 4.79 Å². The smallest absolute Gasteiger partial charge is 0.168 e. The number of carbonyl (C=O) groups is 1. The van der Waals surface area contributed by atoms with Gasteiger partial charge in [-0.15, -0.1) is 0 Å². The number of aromatic hydroxyl groups is 1. The highest BCUT2D eigenvalue weighted by atomic mass is 79.9. The van der Waals surface area contributed by atoms with Crippen LogP contribution in [-0.2, 0) is 6.42 Å².